The molecular formula is C10H16F3NO4S. The Kier molecular flexibility index (Phi) is 4.83. The van der Waals surface area contributed by atoms with Crippen LogP contribution in [0, 0.1) is 0 Å². The molecular weight excluding hydrogens is 287 g/mol. The first-order valence-electron chi connectivity index (χ1n) is 5.73. The molecule has 0 N–H and O–H groups in total. The zero-order chi connectivity index (χ0) is 14.8. The fourth-order valence-corrected chi connectivity index (χ4v) is 2.83. The van der Waals surface area contributed by atoms with E-state index in [1.54, 1.807) is 0 Å². The molecule has 1 rings (SSSR count). The Labute approximate surface area is 109 Å². The smallest absolute Gasteiger partial charge is 0.335 e. The lowest BCUT2D eigenvalue weighted by molar-refractivity contribution is -0.187. The van der Waals surface area contributed by atoms with Crippen LogP contribution < -0.4 is 0 Å². The molecule has 0 aliphatic heterocycles. The molecule has 0 unspecified atom stereocenters. The second-order valence-corrected chi connectivity index (χ2v) is 6.25. The molecule has 0 radical (unpaired) electrons. The third-order valence-corrected chi connectivity index (χ3v) is 3.69. The van der Waals surface area contributed by atoms with Crippen LogP contribution in [-0.2, 0) is 19.1 Å². The molecule has 1 fully saturated rings. The Morgan fingerprint density at radius 3 is 2.05 bits per heavy atom. The van der Waals surface area contributed by atoms with Crippen LogP contribution in [0.2, 0.25) is 0 Å². The van der Waals surface area contributed by atoms with Crippen LogP contribution in [0.15, 0.2) is 0 Å². The van der Waals surface area contributed by atoms with E-state index in [2.05, 4.69) is 0 Å². The number of hydrogen-bond donors (Lipinski definition) is 0. The Balaban J connectivity index is 2.52. The van der Waals surface area contributed by atoms with Gasteiger partial charge in [-0.05, 0) is 25.7 Å². The van der Waals surface area contributed by atoms with Crippen molar-refractivity contribution in [3.8, 4) is 0 Å². The minimum absolute atomic E-state index is 0.290. The van der Waals surface area contributed by atoms with E-state index >= 15 is 0 Å². The molecule has 1 aliphatic carbocycles. The molecule has 0 bridgehead atoms. The topological polar surface area (TPSA) is 63.7 Å². The van der Waals surface area contributed by atoms with Crippen LogP contribution in [0.4, 0.5) is 13.2 Å². The maximum Gasteiger partial charge on any atom is 0.471 e. The Morgan fingerprint density at radius 2 is 1.68 bits per heavy atom. The minimum Gasteiger partial charge on any atom is -0.335 e. The highest BCUT2D eigenvalue weighted by molar-refractivity contribution is 7.86. The summed E-state index contributed by atoms with van der Waals surface area (Å²) in [5.41, 5.74) is 0. The van der Waals surface area contributed by atoms with Crippen LogP contribution in [0.5, 0.6) is 0 Å². The number of rotatable bonds is 3. The second-order valence-electron chi connectivity index (χ2n) is 4.64. The van der Waals surface area contributed by atoms with Crippen molar-refractivity contribution in [2.75, 3.05) is 13.3 Å². The fraction of sp³-hybridized carbons (Fsp3) is 0.900. The predicted octanol–water partition coefficient (Wildman–Crippen LogP) is 1.29. The molecule has 0 aromatic carbocycles. The van der Waals surface area contributed by atoms with E-state index in [-0.39, 0.29) is 0 Å². The molecule has 1 amide bonds. The van der Waals surface area contributed by atoms with Crippen molar-refractivity contribution in [1.29, 1.82) is 0 Å². The molecule has 0 saturated heterocycles. The van der Waals surface area contributed by atoms with Gasteiger partial charge in [-0.2, -0.15) is 21.6 Å². The molecule has 0 spiro atoms. The highest BCUT2D eigenvalue weighted by Crippen LogP contribution is 2.28. The lowest BCUT2D eigenvalue weighted by Gasteiger charge is -2.34. The van der Waals surface area contributed by atoms with E-state index in [9.17, 15) is 26.4 Å². The van der Waals surface area contributed by atoms with Crippen molar-refractivity contribution in [3.63, 3.8) is 0 Å². The predicted molar refractivity (Wildman–Crippen MR) is 60.8 cm³/mol. The zero-order valence-electron chi connectivity index (χ0n) is 10.6. The van der Waals surface area contributed by atoms with Crippen LogP contribution in [0.1, 0.15) is 25.7 Å². The number of amides is 1. The number of carbonyl (C=O) groups is 1. The molecule has 1 saturated carbocycles. The standard InChI is InChI=1S/C10H16F3NO4S/c1-14(9(15)10(11,12)13)7-3-5-8(6-4-7)18-19(2,16)17/h7-8H,3-6H2,1-2H3. The van der Waals surface area contributed by atoms with Gasteiger partial charge < -0.3 is 4.90 Å². The van der Waals surface area contributed by atoms with Gasteiger partial charge in [-0.3, -0.25) is 8.98 Å². The number of hydrogen-bond acceptors (Lipinski definition) is 4. The summed E-state index contributed by atoms with van der Waals surface area (Å²) in [5, 5.41) is 0. The molecule has 112 valence electrons. The van der Waals surface area contributed by atoms with Gasteiger partial charge in [0, 0.05) is 13.1 Å². The van der Waals surface area contributed by atoms with Crippen LogP contribution >= 0.6 is 0 Å². The molecule has 19 heavy (non-hydrogen) atoms. The second kappa shape index (κ2) is 5.66. The largest absolute Gasteiger partial charge is 0.471 e. The summed E-state index contributed by atoms with van der Waals surface area (Å²) < 4.78 is 63.4. The first kappa shape index (κ1) is 16.2. The normalized spacial score (nSPS) is 25.1. The van der Waals surface area contributed by atoms with Gasteiger partial charge in [-0.1, -0.05) is 0 Å². The summed E-state index contributed by atoms with van der Waals surface area (Å²) in [5.74, 6) is -1.88. The molecule has 0 atom stereocenters. The van der Waals surface area contributed by atoms with Crippen molar-refractivity contribution in [1.82, 2.24) is 4.90 Å². The first-order chi connectivity index (χ1) is 8.50. The third kappa shape index (κ3) is 4.98. The quantitative estimate of drug-likeness (QED) is 0.737. The highest BCUT2D eigenvalue weighted by Gasteiger charge is 2.43. The summed E-state index contributed by atoms with van der Waals surface area (Å²) >= 11 is 0. The maximum absolute atomic E-state index is 12.3. The van der Waals surface area contributed by atoms with Gasteiger partial charge in [0.15, 0.2) is 0 Å². The lowest BCUT2D eigenvalue weighted by Crippen LogP contribution is -2.46. The lowest BCUT2D eigenvalue weighted by atomic mass is 9.92. The van der Waals surface area contributed by atoms with Crippen LogP contribution in [0.25, 0.3) is 0 Å². The van der Waals surface area contributed by atoms with E-state index in [1.165, 1.54) is 0 Å². The van der Waals surface area contributed by atoms with E-state index in [1.807, 2.05) is 0 Å². The Morgan fingerprint density at radius 1 is 1.21 bits per heavy atom. The van der Waals surface area contributed by atoms with E-state index in [0.29, 0.717) is 30.6 Å². The van der Waals surface area contributed by atoms with Crippen molar-refractivity contribution >= 4 is 16.0 Å². The highest BCUT2D eigenvalue weighted by atomic mass is 32.2. The average molecular weight is 303 g/mol. The molecule has 0 heterocycles. The first-order valence-corrected chi connectivity index (χ1v) is 7.54. The van der Waals surface area contributed by atoms with Gasteiger partial charge in [0.25, 0.3) is 10.1 Å². The zero-order valence-corrected chi connectivity index (χ0v) is 11.4. The molecule has 9 heteroatoms. The van der Waals surface area contributed by atoms with Gasteiger partial charge in [0.05, 0.1) is 12.4 Å². The Bertz CT molecular complexity index is 427. The maximum atomic E-state index is 12.3. The van der Waals surface area contributed by atoms with Gasteiger partial charge in [-0.15, -0.1) is 0 Å². The third-order valence-electron chi connectivity index (χ3n) is 3.07. The molecule has 5 nitrogen and oxygen atoms in total. The number of nitrogens with zero attached hydrogens (tertiary/aromatic N) is 1. The van der Waals surface area contributed by atoms with Crippen molar-refractivity contribution in [2.45, 2.75) is 44.0 Å². The van der Waals surface area contributed by atoms with Crippen LogP contribution in [0.3, 0.4) is 0 Å². The van der Waals surface area contributed by atoms with E-state index in [4.69, 9.17) is 4.18 Å². The van der Waals surface area contributed by atoms with Crippen molar-refractivity contribution in [2.24, 2.45) is 0 Å². The van der Waals surface area contributed by atoms with E-state index in [0.717, 1.165) is 13.3 Å². The summed E-state index contributed by atoms with van der Waals surface area (Å²) in [6.45, 7) is 0. The van der Waals surface area contributed by atoms with E-state index < -0.39 is 34.3 Å². The monoisotopic (exact) mass is 303 g/mol. The fourth-order valence-electron chi connectivity index (χ4n) is 2.14. The van der Waals surface area contributed by atoms with Crippen molar-refractivity contribution < 1.29 is 30.6 Å². The number of alkyl halides is 3. The number of carbonyl (C=O) groups excluding carboxylic acids is 1. The summed E-state index contributed by atoms with van der Waals surface area (Å²) in [7, 11) is -2.45. The molecule has 0 aromatic rings. The molecule has 0 aromatic heterocycles. The summed E-state index contributed by atoms with van der Waals surface area (Å²) in [6.07, 6.45) is -3.26. The van der Waals surface area contributed by atoms with Crippen LogP contribution in [-0.4, -0.2) is 50.9 Å². The summed E-state index contributed by atoms with van der Waals surface area (Å²) in [6, 6.07) is -0.534. The van der Waals surface area contributed by atoms with Gasteiger partial charge in [-0.25, -0.2) is 0 Å². The van der Waals surface area contributed by atoms with Gasteiger partial charge >= 0.3 is 12.1 Å². The average Bonchev–Trinajstić information content (AvgIpc) is 2.24. The van der Waals surface area contributed by atoms with Gasteiger partial charge in [0.2, 0.25) is 0 Å². The Hall–Kier alpha value is -0.830. The minimum atomic E-state index is -4.88. The summed E-state index contributed by atoms with van der Waals surface area (Å²) in [4.78, 5) is 11.7. The molecule has 1 aliphatic rings. The SMILES string of the molecule is CN(C(=O)C(F)(F)F)C1CCC(OS(C)(=O)=O)CC1. The number of halogens is 3. The van der Waals surface area contributed by atoms with Gasteiger partial charge in [0.1, 0.15) is 0 Å². The van der Waals surface area contributed by atoms with Crippen molar-refractivity contribution in [3.05, 3.63) is 0 Å².